The molecule has 0 saturated carbocycles. The van der Waals surface area contributed by atoms with Gasteiger partial charge in [-0.3, -0.25) is 0 Å². The van der Waals surface area contributed by atoms with E-state index in [1.807, 2.05) is 36.4 Å². The molecule has 0 spiro atoms. The molecule has 4 rings (SSSR count). The summed E-state index contributed by atoms with van der Waals surface area (Å²) in [7, 11) is 0. The lowest BCUT2D eigenvalue weighted by atomic mass is 9.98. The van der Waals surface area contributed by atoms with E-state index in [9.17, 15) is 0 Å². The smallest absolute Gasteiger partial charge is 0.182 e. The molecular weight excluding hydrogens is 282 g/mol. The fourth-order valence-corrected chi connectivity index (χ4v) is 2.74. The molecule has 0 aliphatic heterocycles. The zero-order valence-electron chi connectivity index (χ0n) is 12.5. The number of para-hydroxylation sites is 1. The monoisotopic (exact) mass is 297 g/mol. The van der Waals surface area contributed by atoms with E-state index in [1.165, 1.54) is 12.0 Å². The van der Waals surface area contributed by atoms with Crippen LogP contribution in [0.25, 0.3) is 34.4 Å². The van der Waals surface area contributed by atoms with E-state index in [1.54, 1.807) is 0 Å². The summed E-state index contributed by atoms with van der Waals surface area (Å²) in [5.41, 5.74) is 6.29. The summed E-state index contributed by atoms with van der Waals surface area (Å²) >= 11 is 0. The molecule has 0 radical (unpaired) electrons. The molecular formula is C21H15NO. The molecule has 2 heteroatoms. The van der Waals surface area contributed by atoms with Crippen molar-refractivity contribution in [2.45, 2.75) is 0 Å². The molecule has 0 saturated heterocycles. The van der Waals surface area contributed by atoms with Crippen LogP contribution in [0.5, 0.6) is 0 Å². The molecule has 0 amide bonds. The van der Waals surface area contributed by atoms with E-state index < -0.39 is 0 Å². The Morgan fingerprint density at radius 2 is 1.48 bits per heavy atom. The Balaban J connectivity index is 1.82. The summed E-state index contributed by atoms with van der Waals surface area (Å²) in [6.07, 6.45) is 5.77. The van der Waals surface area contributed by atoms with Crippen LogP contribution in [0.4, 0.5) is 0 Å². The van der Waals surface area contributed by atoms with Crippen molar-refractivity contribution in [3.63, 3.8) is 0 Å². The van der Waals surface area contributed by atoms with Gasteiger partial charge in [-0.1, -0.05) is 78.9 Å². The Hall–Kier alpha value is -3.13. The van der Waals surface area contributed by atoms with Gasteiger partial charge in [0.25, 0.3) is 0 Å². The van der Waals surface area contributed by atoms with Crippen molar-refractivity contribution in [3.05, 3.63) is 90.3 Å². The molecule has 0 aliphatic carbocycles. The van der Waals surface area contributed by atoms with E-state index >= 15 is 0 Å². The summed E-state index contributed by atoms with van der Waals surface area (Å²) in [4.78, 5) is 4.36. The fourth-order valence-electron chi connectivity index (χ4n) is 2.74. The van der Waals surface area contributed by atoms with E-state index in [0.717, 1.165) is 27.8 Å². The van der Waals surface area contributed by atoms with Crippen LogP contribution in [0.2, 0.25) is 0 Å². The van der Waals surface area contributed by atoms with Crippen molar-refractivity contribution in [3.8, 4) is 11.1 Å². The minimum atomic E-state index is 0.810. The summed E-state index contributed by atoms with van der Waals surface area (Å²) in [6.45, 7) is 0. The Bertz CT molecular complexity index is 967. The molecule has 0 aliphatic rings. The number of aromatic nitrogens is 1. The van der Waals surface area contributed by atoms with Crippen molar-refractivity contribution in [2.75, 3.05) is 0 Å². The first-order valence-electron chi connectivity index (χ1n) is 7.56. The largest absolute Gasteiger partial charge is 0.443 e. The van der Waals surface area contributed by atoms with Crippen LogP contribution in [0.15, 0.2) is 83.6 Å². The SMILES string of the molecule is C(=Cc1ccccc1-c1cccc2ocnc12)c1ccccc1. The van der Waals surface area contributed by atoms with Gasteiger partial charge in [-0.15, -0.1) is 0 Å². The van der Waals surface area contributed by atoms with Crippen LogP contribution in [0, 0.1) is 0 Å². The highest BCUT2D eigenvalue weighted by Crippen LogP contribution is 2.31. The predicted octanol–water partition coefficient (Wildman–Crippen LogP) is 5.67. The van der Waals surface area contributed by atoms with Gasteiger partial charge in [-0.25, -0.2) is 4.98 Å². The van der Waals surface area contributed by atoms with Crippen LogP contribution in [-0.2, 0) is 0 Å². The van der Waals surface area contributed by atoms with Crippen LogP contribution in [0.1, 0.15) is 11.1 Å². The molecule has 23 heavy (non-hydrogen) atoms. The number of nitrogens with zero attached hydrogens (tertiary/aromatic N) is 1. The third kappa shape index (κ3) is 2.67. The number of rotatable bonds is 3. The predicted molar refractivity (Wildman–Crippen MR) is 94.8 cm³/mol. The molecule has 1 aromatic heterocycles. The van der Waals surface area contributed by atoms with Crippen molar-refractivity contribution >= 4 is 23.3 Å². The average molecular weight is 297 g/mol. The molecule has 0 bridgehead atoms. The van der Waals surface area contributed by atoms with Gasteiger partial charge in [0.15, 0.2) is 12.0 Å². The lowest BCUT2D eigenvalue weighted by Gasteiger charge is -2.07. The maximum Gasteiger partial charge on any atom is 0.182 e. The molecule has 110 valence electrons. The van der Waals surface area contributed by atoms with Crippen molar-refractivity contribution < 1.29 is 4.42 Å². The Morgan fingerprint density at radius 3 is 2.39 bits per heavy atom. The van der Waals surface area contributed by atoms with Gasteiger partial charge in [0.1, 0.15) is 5.52 Å². The van der Waals surface area contributed by atoms with E-state index in [2.05, 4.69) is 53.5 Å². The van der Waals surface area contributed by atoms with Gasteiger partial charge >= 0.3 is 0 Å². The topological polar surface area (TPSA) is 26.0 Å². The van der Waals surface area contributed by atoms with Gasteiger partial charge in [-0.2, -0.15) is 0 Å². The first kappa shape index (κ1) is 13.5. The van der Waals surface area contributed by atoms with Gasteiger partial charge in [0, 0.05) is 5.56 Å². The second-order valence-electron chi connectivity index (χ2n) is 5.34. The third-order valence-electron chi connectivity index (χ3n) is 3.87. The minimum Gasteiger partial charge on any atom is -0.443 e. The molecule has 4 aromatic rings. The number of hydrogen-bond acceptors (Lipinski definition) is 2. The van der Waals surface area contributed by atoms with Gasteiger partial charge < -0.3 is 4.42 Å². The zero-order chi connectivity index (χ0) is 15.5. The van der Waals surface area contributed by atoms with Gasteiger partial charge in [0.2, 0.25) is 0 Å². The van der Waals surface area contributed by atoms with Crippen LogP contribution in [0.3, 0.4) is 0 Å². The standard InChI is InChI=1S/C21H15NO/c1-2-7-16(8-3-1)13-14-17-9-4-5-10-18(17)19-11-6-12-20-21(19)22-15-23-20/h1-15H. The summed E-state index contributed by atoms with van der Waals surface area (Å²) in [5, 5.41) is 0. The number of hydrogen-bond donors (Lipinski definition) is 0. The van der Waals surface area contributed by atoms with Crippen LogP contribution in [-0.4, -0.2) is 4.98 Å². The summed E-state index contributed by atoms with van der Waals surface area (Å²) < 4.78 is 5.42. The Kier molecular flexibility index (Phi) is 3.49. The van der Waals surface area contributed by atoms with E-state index in [0.29, 0.717) is 0 Å². The van der Waals surface area contributed by atoms with Crippen molar-refractivity contribution in [1.82, 2.24) is 4.98 Å². The Morgan fingerprint density at radius 1 is 0.696 bits per heavy atom. The number of benzene rings is 3. The van der Waals surface area contributed by atoms with Crippen molar-refractivity contribution in [1.29, 1.82) is 0 Å². The second kappa shape index (κ2) is 5.93. The zero-order valence-corrected chi connectivity index (χ0v) is 12.5. The highest BCUT2D eigenvalue weighted by molar-refractivity contribution is 5.94. The fraction of sp³-hybridized carbons (Fsp3) is 0. The first-order chi connectivity index (χ1) is 11.4. The molecule has 0 fully saturated rings. The molecule has 0 N–H and O–H groups in total. The molecule has 2 nitrogen and oxygen atoms in total. The number of oxazole rings is 1. The third-order valence-corrected chi connectivity index (χ3v) is 3.87. The highest BCUT2D eigenvalue weighted by Gasteiger charge is 2.09. The molecule has 0 atom stereocenters. The molecule has 0 unspecified atom stereocenters. The van der Waals surface area contributed by atoms with Gasteiger partial charge in [0.05, 0.1) is 0 Å². The van der Waals surface area contributed by atoms with E-state index in [-0.39, 0.29) is 0 Å². The quantitative estimate of drug-likeness (QED) is 0.456. The highest BCUT2D eigenvalue weighted by atomic mass is 16.3. The second-order valence-corrected chi connectivity index (χ2v) is 5.34. The van der Waals surface area contributed by atoms with Crippen molar-refractivity contribution in [2.24, 2.45) is 0 Å². The summed E-state index contributed by atoms with van der Waals surface area (Å²) in [5.74, 6) is 0. The van der Waals surface area contributed by atoms with Crippen LogP contribution < -0.4 is 0 Å². The maximum atomic E-state index is 5.42. The average Bonchev–Trinajstić information content (AvgIpc) is 3.10. The normalized spacial score (nSPS) is 11.3. The number of fused-ring (bicyclic) bond motifs is 1. The van der Waals surface area contributed by atoms with E-state index in [4.69, 9.17) is 4.42 Å². The summed E-state index contributed by atoms with van der Waals surface area (Å²) in [6, 6.07) is 24.7. The maximum absolute atomic E-state index is 5.42. The van der Waals surface area contributed by atoms with Gasteiger partial charge in [-0.05, 0) is 22.8 Å². The first-order valence-corrected chi connectivity index (χ1v) is 7.56. The lowest BCUT2D eigenvalue weighted by Crippen LogP contribution is -1.84. The van der Waals surface area contributed by atoms with Crippen LogP contribution >= 0.6 is 0 Å². The Labute approximate surface area is 134 Å². The lowest BCUT2D eigenvalue weighted by molar-refractivity contribution is 0.602. The minimum absolute atomic E-state index is 0.810. The molecule has 1 heterocycles. The molecule has 3 aromatic carbocycles.